The van der Waals surface area contributed by atoms with Crippen molar-refractivity contribution in [2.45, 2.75) is 25.2 Å². The molecule has 0 spiro atoms. The molecule has 1 rings (SSSR count). The Morgan fingerprint density at radius 3 is 2.47 bits per heavy atom. The maximum Gasteiger partial charge on any atom is 0.240 e. The number of nitrogen functional groups attached to an aromatic ring is 1. The summed E-state index contributed by atoms with van der Waals surface area (Å²) in [5.41, 5.74) is 7.22. The third-order valence-electron chi connectivity index (χ3n) is 2.14. The number of sulfonamides is 1. The van der Waals surface area contributed by atoms with Gasteiger partial charge >= 0.3 is 0 Å². The minimum Gasteiger partial charge on any atom is -0.398 e. The molecule has 1 aromatic carbocycles. The summed E-state index contributed by atoms with van der Waals surface area (Å²) in [6, 6.07) is 4.82. The lowest BCUT2D eigenvalue weighted by Gasteiger charge is -2.07. The van der Waals surface area contributed by atoms with Crippen LogP contribution in [-0.2, 0) is 16.4 Å². The first-order valence-electron chi connectivity index (χ1n) is 4.89. The highest BCUT2D eigenvalue weighted by Crippen LogP contribution is 2.18. The predicted molar refractivity (Wildman–Crippen MR) is 61.1 cm³/mol. The van der Waals surface area contributed by atoms with Crippen LogP contribution in [0.4, 0.5) is 5.69 Å². The second-order valence-electron chi connectivity index (χ2n) is 3.22. The Bertz CT molecular complexity index is 441. The van der Waals surface area contributed by atoms with Crippen LogP contribution in [0.5, 0.6) is 0 Å². The van der Waals surface area contributed by atoms with Crippen molar-refractivity contribution in [3.8, 4) is 0 Å². The van der Waals surface area contributed by atoms with Crippen LogP contribution in [0.25, 0.3) is 0 Å². The van der Waals surface area contributed by atoms with E-state index >= 15 is 0 Å². The second kappa shape index (κ2) is 4.63. The van der Waals surface area contributed by atoms with Crippen LogP contribution in [0.1, 0.15) is 19.4 Å². The first-order chi connectivity index (χ1) is 7.01. The van der Waals surface area contributed by atoms with E-state index in [9.17, 15) is 8.42 Å². The molecule has 0 heterocycles. The lowest BCUT2D eigenvalue weighted by atomic mass is 10.1. The Morgan fingerprint density at radius 1 is 1.33 bits per heavy atom. The van der Waals surface area contributed by atoms with Crippen molar-refractivity contribution < 1.29 is 8.42 Å². The molecule has 0 radical (unpaired) electrons. The number of rotatable bonds is 4. The number of nitrogens with two attached hydrogens (primary N) is 1. The third-order valence-corrected chi connectivity index (χ3v) is 3.69. The van der Waals surface area contributed by atoms with Crippen molar-refractivity contribution in [2.24, 2.45) is 0 Å². The van der Waals surface area contributed by atoms with Crippen molar-refractivity contribution >= 4 is 15.7 Å². The molecule has 0 unspecified atom stereocenters. The minimum absolute atomic E-state index is 0.221. The van der Waals surface area contributed by atoms with Gasteiger partial charge in [-0.25, -0.2) is 13.1 Å². The van der Waals surface area contributed by atoms with Gasteiger partial charge in [-0.3, -0.25) is 0 Å². The lowest BCUT2D eigenvalue weighted by Crippen LogP contribution is -2.23. The van der Waals surface area contributed by atoms with Gasteiger partial charge in [0.15, 0.2) is 0 Å². The van der Waals surface area contributed by atoms with Gasteiger partial charge in [-0.05, 0) is 24.1 Å². The van der Waals surface area contributed by atoms with Gasteiger partial charge in [0.05, 0.1) is 4.90 Å². The monoisotopic (exact) mass is 228 g/mol. The van der Waals surface area contributed by atoms with Crippen LogP contribution < -0.4 is 10.5 Å². The van der Waals surface area contributed by atoms with E-state index in [1.807, 2.05) is 6.92 Å². The maximum atomic E-state index is 11.6. The number of hydrogen-bond donors (Lipinski definition) is 2. The fourth-order valence-electron chi connectivity index (χ4n) is 1.34. The Labute approximate surface area is 90.5 Å². The summed E-state index contributed by atoms with van der Waals surface area (Å²) in [5, 5.41) is 0. The quantitative estimate of drug-likeness (QED) is 0.759. The fraction of sp³-hybridized carbons (Fsp3) is 0.400. The van der Waals surface area contributed by atoms with Crippen LogP contribution in [0, 0.1) is 0 Å². The van der Waals surface area contributed by atoms with Crippen molar-refractivity contribution in [1.29, 1.82) is 0 Å². The van der Waals surface area contributed by atoms with Crippen molar-refractivity contribution in [1.82, 2.24) is 4.72 Å². The molecule has 1 aromatic rings. The van der Waals surface area contributed by atoms with E-state index < -0.39 is 10.0 Å². The summed E-state index contributed by atoms with van der Waals surface area (Å²) in [6.07, 6.45) is 0.799. The van der Waals surface area contributed by atoms with Gasteiger partial charge in [0.2, 0.25) is 10.0 Å². The van der Waals surface area contributed by atoms with Crippen molar-refractivity contribution in [3.05, 3.63) is 23.8 Å². The standard InChI is InChI=1S/C10H16N2O2S/c1-3-8-5-6-9(7-10(8)11)15(13,14)12-4-2/h5-7,12H,3-4,11H2,1-2H3. The Balaban J connectivity index is 3.13. The van der Waals surface area contributed by atoms with Crippen LogP contribution in [0.2, 0.25) is 0 Å². The third kappa shape index (κ3) is 2.70. The van der Waals surface area contributed by atoms with E-state index in [-0.39, 0.29) is 4.90 Å². The number of anilines is 1. The second-order valence-corrected chi connectivity index (χ2v) is 4.98. The Kier molecular flexibility index (Phi) is 3.71. The van der Waals surface area contributed by atoms with Gasteiger partial charge in [0, 0.05) is 12.2 Å². The zero-order valence-electron chi connectivity index (χ0n) is 8.95. The van der Waals surface area contributed by atoms with Gasteiger partial charge in [-0.2, -0.15) is 0 Å². The molecule has 0 saturated heterocycles. The molecule has 0 fully saturated rings. The predicted octanol–water partition coefficient (Wildman–Crippen LogP) is 1.13. The van der Waals surface area contributed by atoms with Crippen molar-refractivity contribution in [3.63, 3.8) is 0 Å². The summed E-state index contributed by atoms with van der Waals surface area (Å²) in [7, 11) is -3.39. The largest absolute Gasteiger partial charge is 0.398 e. The van der Waals surface area contributed by atoms with Gasteiger partial charge in [0.25, 0.3) is 0 Å². The van der Waals surface area contributed by atoms with Gasteiger partial charge in [0.1, 0.15) is 0 Å². The smallest absolute Gasteiger partial charge is 0.240 e. The SMILES string of the molecule is CCNS(=O)(=O)c1ccc(CC)c(N)c1. The lowest BCUT2D eigenvalue weighted by molar-refractivity contribution is 0.584. The molecule has 0 amide bonds. The van der Waals surface area contributed by atoms with E-state index in [4.69, 9.17) is 5.73 Å². The molecule has 5 heteroatoms. The molecule has 0 saturated carbocycles. The van der Waals surface area contributed by atoms with Crippen LogP contribution in [0.15, 0.2) is 23.1 Å². The summed E-state index contributed by atoms with van der Waals surface area (Å²) >= 11 is 0. The summed E-state index contributed by atoms with van der Waals surface area (Å²) < 4.78 is 25.7. The zero-order valence-corrected chi connectivity index (χ0v) is 9.76. The summed E-state index contributed by atoms with van der Waals surface area (Å²) in [4.78, 5) is 0.221. The molecule has 3 N–H and O–H groups in total. The molecule has 0 atom stereocenters. The Hall–Kier alpha value is -1.07. The molecule has 0 aromatic heterocycles. The average molecular weight is 228 g/mol. The van der Waals surface area contributed by atoms with E-state index in [2.05, 4.69) is 4.72 Å². The van der Waals surface area contributed by atoms with Crippen LogP contribution in [0.3, 0.4) is 0 Å². The molecule has 0 aliphatic rings. The number of hydrogen-bond acceptors (Lipinski definition) is 3. The molecule has 84 valence electrons. The highest BCUT2D eigenvalue weighted by atomic mass is 32.2. The number of benzene rings is 1. The van der Waals surface area contributed by atoms with Crippen LogP contribution in [-0.4, -0.2) is 15.0 Å². The van der Waals surface area contributed by atoms with E-state index in [0.717, 1.165) is 12.0 Å². The van der Waals surface area contributed by atoms with Crippen LogP contribution >= 0.6 is 0 Å². The normalized spacial score (nSPS) is 11.6. The van der Waals surface area contributed by atoms with E-state index in [1.54, 1.807) is 19.1 Å². The minimum atomic E-state index is -3.39. The average Bonchev–Trinajstić information content (AvgIpc) is 2.17. The molecule has 15 heavy (non-hydrogen) atoms. The van der Waals surface area contributed by atoms with Gasteiger partial charge < -0.3 is 5.73 Å². The van der Waals surface area contributed by atoms with Gasteiger partial charge in [-0.15, -0.1) is 0 Å². The topological polar surface area (TPSA) is 72.2 Å². The van der Waals surface area contributed by atoms with E-state index in [0.29, 0.717) is 12.2 Å². The fourth-order valence-corrected chi connectivity index (χ4v) is 2.41. The maximum absolute atomic E-state index is 11.6. The molecule has 4 nitrogen and oxygen atoms in total. The van der Waals surface area contributed by atoms with Crippen molar-refractivity contribution in [2.75, 3.05) is 12.3 Å². The highest BCUT2D eigenvalue weighted by Gasteiger charge is 2.13. The van der Waals surface area contributed by atoms with E-state index in [1.165, 1.54) is 6.07 Å². The molecule has 0 aliphatic heterocycles. The molecular formula is C10H16N2O2S. The van der Waals surface area contributed by atoms with Gasteiger partial charge in [-0.1, -0.05) is 19.9 Å². The number of aryl methyl sites for hydroxylation is 1. The zero-order chi connectivity index (χ0) is 11.5. The summed E-state index contributed by atoms with van der Waals surface area (Å²) in [5.74, 6) is 0. The molecular weight excluding hydrogens is 212 g/mol. The first-order valence-corrected chi connectivity index (χ1v) is 6.37. The highest BCUT2D eigenvalue weighted by molar-refractivity contribution is 7.89. The molecule has 0 aliphatic carbocycles. The Morgan fingerprint density at radius 2 is 2.00 bits per heavy atom. The summed E-state index contributed by atoms with van der Waals surface area (Å²) in [6.45, 7) is 4.09. The number of nitrogens with one attached hydrogen (secondary N) is 1. The molecule has 0 bridgehead atoms. The first kappa shape index (κ1) is 12.0.